The highest BCUT2D eigenvalue weighted by atomic mass is 32.2. The molecule has 3 fully saturated rings. The lowest BCUT2D eigenvalue weighted by atomic mass is 9.69. The van der Waals surface area contributed by atoms with Crippen molar-refractivity contribution >= 4 is 40.3 Å². The molecule has 1 aliphatic heterocycles. The predicted octanol–water partition coefficient (Wildman–Crippen LogP) is 7.18. The summed E-state index contributed by atoms with van der Waals surface area (Å²) in [5.74, 6) is -0.252. The largest absolute Gasteiger partial charge is 0.491 e. The summed E-state index contributed by atoms with van der Waals surface area (Å²) >= 11 is 6.85. The minimum Gasteiger partial charge on any atom is -0.491 e. The highest BCUT2D eigenvalue weighted by molar-refractivity contribution is 8.26. The molecule has 180 valence electrons. The van der Waals surface area contributed by atoms with Gasteiger partial charge in [0.25, 0.3) is 5.91 Å². The van der Waals surface area contributed by atoms with E-state index in [0.717, 1.165) is 25.2 Å². The molecule has 1 aromatic carbocycles. The molecule has 0 N–H and O–H groups in total. The summed E-state index contributed by atoms with van der Waals surface area (Å²) in [5.41, 5.74) is -0.00241. The maximum absolute atomic E-state index is 14.6. The SMILES string of the molecule is CCOc1ccc(-c2ccc(/C=C3\SC(=S)N(C4CCC5CCCCC5C4)C3=O)o2)c(F)c1F. The second-order valence-corrected chi connectivity index (χ2v) is 10.9. The number of furan rings is 1. The van der Waals surface area contributed by atoms with Crippen LogP contribution in [0.25, 0.3) is 17.4 Å². The molecular formula is C26H27F2NO3S2. The normalized spacial score (nSPS) is 26.3. The van der Waals surface area contributed by atoms with Gasteiger partial charge in [0.1, 0.15) is 15.8 Å². The van der Waals surface area contributed by atoms with Crippen LogP contribution in [0.3, 0.4) is 0 Å². The highest BCUT2D eigenvalue weighted by Gasteiger charge is 2.41. The van der Waals surface area contributed by atoms with E-state index in [2.05, 4.69) is 0 Å². The third-order valence-corrected chi connectivity index (χ3v) is 8.54. The molecule has 1 aromatic heterocycles. The average Bonchev–Trinajstić information content (AvgIpc) is 3.40. The standard InChI is InChI=1S/C26H27F2NO3S2/c1-2-31-21-12-10-19(23(27)24(21)28)20-11-9-18(32-20)14-22-25(30)29(26(33)34-22)17-8-7-15-5-3-4-6-16(15)13-17/h9-12,14-17H,2-8,13H2,1H3/b22-14-. The summed E-state index contributed by atoms with van der Waals surface area (Å²) in [6.07, 6.45) is 10.0. The number of thiocarbonyl (C=S) groups is 1. The van der Waals surface area contributed by atoms with Gasteiger partial charge in [-0.25, -0.2) is 4.39 Å². The van der Waals surface area contributed by atoms with Gasteiger partial charge in [-0.05, 0) is 62.3 Å². The lowest BCUT2D eigenvalue weighted by Gasteiger charge is -2.41. The molecule has 1 amide bonds. The van der Waals surface area contributed by atoms with Crippen molar-refractivity contribution in [3.8, 4) is 17.1 Å². The van der Waals surface area contributed by atoms with Crippen LogP contribution < -0.4 is 4.74 Å². The number of rotatable bonds is 5. The van der Waals surface area contributed by atoms with Crippen molar-refractivity contribution in [1.82, 2.24) is 4.90 Å². The number of hydrogen-bond donors (Lipinski definition) is 0. The van der Waals surface area contributed by atoms with Crippen molar-refractivity contribution < 1.29 is 22.7 Å². The van der Waals surface area contributed by atoms with Gasteiger partial charge < -0.3 is 9.15 Å². The van der Waals surface area contributed by atoms with Crippen LogP contribution in [-0.4, -0.2) is 27.8 Å². The molecule has 2 aliphatic carbocycles. The monoisotopic (exact) mass is 503 g/mol. The number of hydrogen-bond acceptors (Lipinski definition) is 5. The van der Waals surface area contributed by atoms with Gasteiger partial charge in [0.05, 0.1) is 17.1 Å². The summed E-state index contributed by atoms with van der Waals surface area (Å²) in [5, 5.41) is 0. The van der Waals surface area contributed by atoms with Gasteiger partial charge in [-0.3, -0.25) is 9.69 Å². The van der Waals surface area contributed by atoms with Crippen LogP contribution in [0.15, 0.2) is 33.6 Å². The van der Waals surface area contributed by atoms with Crippen LogP contribution in [0.2, 0.25) is 0 Å². The van der Waals surface area contributed by atoms with Crippen molar-refractivity contribution in [2.75, 3.05) is 6.61 Å². The Hall–Kier alpha value is -2.19. The number of halogens is 2. The Labute approximate surface area is 207 Å². The molecular weight excluding hydrogens is 476 g/mol. The molecule has 2 heterocycles. The fourth-order valence-electron chi connectivity index (χ4n) is 5.57. The molecule has 2 aromatic rings. The molecule has 8 heteroatoms. The van der Waals surface area contributed by atoms with Crippen LogP contribution in [0, 0.1) is 23.5 Å². The lowest BCUT2D eigenvalue weighted by molar-refractivity contribution is -0.124. The van der Waals surface area contributed by atoms with Gasteiger partial charge in [0.15, 0.2) is 11.6 Å². The summed E-state index contributed by atoms with van der Waals surface area (Å²) in [4.78, 5) is 15.5. The molecule has 2 saturated carbocycles. The first-order chi connectivity index (χ1) is 16.5. The zero-order valence-electron chi connectivity index (χ0n) is 19.0. The Morgan fingerprint density at radius 1 is 1.12 bits per heavy atom. The van der Waals surface area contributed by atoms with Crippen molar-refractivity contribution in [3.63, 3.8) is 0 Å². The van der Waals surface area contributed by atoms with Crippen molar-refractivity contribution in [2.24, 2.45) is 11.8 Å². The van der Waals surface area contributed by atoms with Gasteiger partial charge in [-0.2, -0.15) is 4.39 Å². The molecule has 4 nitrogen and oxygen atoms in total. The van der Waals surface area contributed by atoms with Crippen LogP contribution in [0.1, 0.15) is 57.6 Å². The Balaban J connectivity index is 1.33. The van der Waals surface area contributed by atoms with Crippen LogP contribution in [-0.2, 0) is 4.79 Å². The van der Waals surface area contributed by atoms with E-state index in [4.69, 9.17) is 21.4 Å². The second-order valence-electron chi connectivity index (χ2n) is 9.20. The average molecular weight is 504 g/mol. The number of carbonyl (C=O) groups is 1. The molecule has 34 heavy (non-hydrogen) atoms. The summed E-state index contributed by atoms with van der Waals surface area (Å²) in [6, 6.07) is 6.17. The first-order valence-electron chi connectivity index (χ1n) is 11.9. The zero-order chi connectivity index (χ0) is 23.8. The molecule has 3 unspecified atom stereocenters. The topological polar surface area (TPSA) is 42.7 Å². The van der Waals surface area contributed by atoms with E-state index in [1.54, 1.807) is 30.0 Å². The summed E-state index contributed by atoms with van der Waals surface area (Å²) < 4.78 is 40.3. The van der Waals surface area contributed by atoms with Crippen molar-refractivity contribution in [2.45, 2.75) is 57.9 Å². The number of nitrogens with zero attached hydrogens (tertiary/aromatic N) is 1. The highest BCUT2D eigenvalue weighted by Crippen LogP contribution is 2.45. The Kier molecular flexibility index (Phi) is 6.80. The Morgan fingerprint density at radius 3 is 2.71 bits per heavy atom. The third-order valence-electron chi connectivity index (χ3n) is 7.21. The maximum atomic E-state index is 14.6. The fourth-order valence-corrected chi connectivity index (χ4v) is 6.95. The summed E-state index contributed by atoms with van der Waals surface area (Å²) in [6.45, 7) is 1.94. The van der Waals surface area contributed by atoms with E-state index in [9.17, 15) is 13.6 Å². The van der Waals surface area contributed by atoms with E-state index < -0.39 is 11.6 Å². The van der Waals surface area contributed by atoms with E-state index in [-0.39, 0.29) is 35.6 Å². The minimum atomic E-state index is -1.05. The van der Waals surface area contributed by atoms with Crippen LogP contribution in [0.4, 0.5) is 8.78 Å². The van der Waals surface area contributed by atoms with Crippen LogP contribution in [0.5, 0.6) is 5.75 Å². The van der Waals surface area contributed by atoms with Gasteiger partial charge in [0, 0.05) is 12.1 Å². The second kappa shape index (κ2) is 9.82. The summed E-state index contributed by atoms with van der Waals surface area (Å²) in [7, 11) is 0. The van der Waals surface area contributed by atoms with E-state index in [1.807, 2.05) is 0 Å². The lowest BCUT2D eigenvalue weighted by Crippen LogP contribution is -2.44. The van der Waals surface area contributed by atoms with E-state index >= 15 is 0 Å². The maximum Gasteiger partial charge on any atom is 0.266 e. The number of fused-ring (bicyclic) bond motifs is 1. The molecule has 0 bridgehead atoms. The van der Waals surface area contributed by atoms with E-state index in [1.165, 1.54) is 49.6 Å². The first kappa shape index (κ1) is 23.5. The number of benzene rings is 1. The predicted molar refractivity (Wildman–Crippen MR) is 133 cm³/mol. The molecule has 1 saturated heterocycles. The zero-order valence-corrected chi connectivity index (χ0v) is 20.7. The van der Waals surface area contributed by atoms with Gasteiger partial charge in [0.2, 0.25) is 5.82 Å². The Morgan fingerprint density at radius 2 is 1.91 bits per heavy atom. The quantitative estimate of drug-likeness (QED) is 0.319. The van der Waals surface area contributed by atoms with Gasteiger partial charge >= 0.3 is 0 Å². The number of carbonyl (C=O) groups excluding carboxylic acids is 1. The molecule has 5 rings (SSSR count). The minimum absolute atomic E-state index is 0.00241. The number of thioether (sulfide) groups is 1. The molecule has 3 aliphatic rings. The van der Waals surface area contributed by atoms with Crippen molar-refractivity contribution in [1.29, 1.82) is 0 Å². The molecule has 0 spiro atoms. The number of ether oxygens (including phenoxy) is 1. The van der Waals surface area contributed by atoms with Gasteiger partial charge in [-0.15, -0.1) is 0 Å². The third kappa shape index (κ3) is 4.42. The smallest absolute Gasteiger partial charge is 0.266 e. The van der Waals surface area contributed by atoms with Gasteiger partial charge in [-0.1, -0.05) is 49.7 Å². The van der Waals surface area contributed by atoms with Crippen molar-refractivity contribution in [3.05, 3.63) is 46.6 Å². The van der Waals surface area contributed by atoms with Crippen LogP contribution >= 0.6 is 24.0 Å². The first-order valence-corrected chi connectivity index (χ1v) is 13.2. The molecule has 3 atom stereocenters. The molecule has 0 radical (unpaired) electrons. The van der Waals surface area contributed by atoms with E-state index in [0.29, 0.717) is 20.9 Å². The number of amides is 1. The Bertz CT molecular complexity index is 1150. The fraction of sp³-hybridized carbons (Fsp3) is 0.462.